The van der Waals surface area contributed by atoms with E-state index in [9.17, 15) is 10.2 Å². The monoisotopic (exact) mass is 566 g/mol. The zero-order chi connectivity index (χ0) is 29.1. The van der Waals surface area contributed by atoms with Crippen molar-refractivity contribution in [2.24, 2.45) is 0 Å². The Labute approximate surface area is 230 Å². The van der Waals surface area contributed by atoms with Crippen LogP contribution in [0.5, 0.6) is 17.2 Å². The number of benzene rings is 2. The molecule has 2 aliphatic heterocycles. The first-order valence-electron chi connectivity index (χ1n) is 13.1. The summed E-state index contributed by atoms with van der Waals surface area (Å²) in [6, 6.07) is 5.32. The lowest BCUT2D eigenvalue weighted by atomic mass is 9.80. The van der Waals surface area contributed by atoms with Crippen molar-refractivity contribution in [1.82, 2.24) is 0 Å². The molecular weight excluding hydrogens is 526 g/mol. The molecule has 2 aromatic carbocycles. The number of hydrogen-bond acceptors (Lipinski definition) is 7. The highest BCUT2D eigenvalue weighted by Crippen LogP contribution is 2.50. The number of aliphatic hydroxyl groups is 2. The third-order valence-corrected chi connectivity index (χ3v) is 12.9. The van der Waals surface area contributed by atoms with Crippen LogP contribution in [0, 0.1) is 11.6 Å². The van der Waals surface area contributed by atoms with E-state index in [0.29, 0.717) is 0 Å². The Morgan fingerprint density at radius 3 is 2.15 bits per heavy atom. The van der Waals surface area contributed by atoms with Crippen LogP contribution in [-0.2, 0) is 21.2 Å². The molecule has 2 aromatic rings. The van der Waals surface area contributed by atoms with Crippen LogP contribution < -0.4 is 14.2 Å². The maximum Gasteiger partial charge on any atom is 0.192 e. The van der Waals surface area contributed by atoms with Gasteiger partial charge in [0.25, 0.3) is 0 Å². The van der Waals surface area contributed by atoms with Crippen molar-refractivity contribution in [3.8, 4) is 17.2 Å². The van der Waals surface area contributed by atoms with Crippen molar-refractivity contribution in [1.29, 1.82) is 0 Å². The van der Waals surface area contributed by atoms with E-state index in [-0.39, 0.29) is 52.0 Å². The normalized spacial score (nSPS) is 22.6. The molecule has 216 valence electrons. The molecule has 39 heavy (non-hydrogen) atoms. The van der Waals surface area contributed by atoms with Crippen LogP contribution >= 0.6 is 0 Å². The van der Waals surface area contributed by atoms with Crippen LogP contribution in [0.4, 0.5) is 8.78 Å². The average Bonchev–Trinajstić information content (AvgIpc) is 3.49. The molecule has 4 atom stereocenters. The SMILES string of the molecule is COc1cc(F)c([C@](O)(c2ccc3c(c2F)C[C@H](C(C)(C)O)O3)[C@@H]2O[C@@H]2CO[Si](C)(C)C(C)(C)C)cc1OC. The van der Waals surface area contributed by atoms with Crippen LogP contribution in [-0.4, -0.2) is 63.3 Å². The van der Waals surface area contributed by atoms with Crippen molar-refractivity contribution in [3.05, 3.63) is 52.6 Å². The second-order valence-electron chi connectivity index (χ2n) is 12.5. The zero-order valence-corrected chi connectivity index (χ0v) is 25.1. The van der Waals surface area contributed by atoms with Gasteiger partial charge in [-0.2, -0.15) is 0 Å². The number of epoxide rings is 1. The molecule has 0 saturated carbocycles. The smallest absolute Gasteiger partial charge is 0.192 e. The Hall–Kier alpha value is -2.24. The van der Waals surface area contributed by atoms with E-state index in [1.54, 1.807) is 13.8 Å². The first-order chi connectivity index (χ1) is 18.0. The summed E-state index contributed by atoms with van der Waals surface area (Å²) >= 11 is 0. The van der Waals surface area contributed by atoms with Crippen molar-refractivity contribution >= 4 is 8.32 Å². The summed E-state index contributed by atoms with van der Waals surface area (Å²) in [6.07, 6.45) is -2.17. The molecule has 10 heteroatoms. The highest BCUT2D eigenvalue weighted by atomic mass is 28.4. The lowest BCUT2D eigenvalue weighted by Crippen LogP contribution is -2.43. The van der Waals surface area contributed by atoms with Crippen LogP contribution in [0.25, 0.3) is 0 Å². The molecule has 0 spiro atoms. The Balaban J connectivity index is 1.79. The quantitative estimate of drug-likeness (QED) is 0.323. The molecule has 2 aliphatic rings. The van der Waals surface area contributed by atoms with Gasteiger partial charge in [0.1, 0.15) is 41.3 Å². The van der Waals surface area contributed by atoms with E-state index in [1.165, 1.54) is 32.4 Å². The first-order valence-corrected chi connectivity index (χ1v) is 16.0. The summed E-state index contributed by atoms with van der Waals surface area (Å²) in [5.74, 6) is -0.968. The zero-order valence-electron chi connectivity index (χ0n) is 24.1. The Morgan fingerprint density at radius 2 is 1.59 bits per heavy atom. The summed E-state index contributed by atoms with van der Waals surface area (Å²) < 4.78 is 60.5. The Kier molecular flexibility index (Phi) is 7.62. The van der Waals surface area contributed by atoms with Gasteiger partial charge >= 0.3 is 0 Å². The number of fused-ring (bicyclic) bond motifs is 1. The van der Waals surface area contributed by atoms with Crippen molar-refractivity contribution in [2.45, 2.75) is 88.7 Å². The van der Waals surface area contributed by atoms with Crippen molar-refractivity contribution in [3.63, 3.8) is 0 Å². The molecule has 2 N–H and O–H groups in total. The fourth-order valence-electron chi connectivity index (χ4n) is 4.71. The second kappa shape index (κ2) is 9.99. The van der Waals surface area contributed by atoms with Gasteiger partial charge in [-0.25, -0.2) is 8.78 Å². The Bertz CT molecular complexity index is 1240. The highest BCUT2D eigenvalue weighted by molar-refractivity contribution is 6.74. The standard InChI is InChI=1S/C29H40F2O7Si/c1-27(2,3)39(8,9)36-15-23-26(38-23)29(33,18-13-21(34-6)22(35-7)14-19(18)30)17-10-11-20-16(25(17)31)12-24(37-20)28(4,5)32/h10-11,13-14,23-24,26,32-33H,12,15H2,1-9H3/t23-,24-,26-,29-/m1/s1. The molecule has 0 amide bonds. The highest BCUT2D eigenvalue weighted by Gasteiger charge is 2.59. The van der Waals surface area contributed by atoms with E-state index in [1.807, 2.05) is 0 Å². The lowest BCUT2D eigenvalue weighted by Gasteiger charge is -2.36. The van der Waals surface area contributed by atoms with E-state index in [2.05, 4.69) is 33.9 Å². The fraction of sp³-hybridized carbons (Fsp3) is 0.586. The van der Waals surface area contributed by atoms with Gasteiger partial charge in [0.2, 0.25) is 0 Å². The number of rotatable bonds is 9. The molecule has 0 aromatic heterocycles. The molecule has 2 heterocycles. The van der Waals surface area contributed by atoms with Crippen LogP contribution in [0.15, 0.2) is 24.3 Å². The van der Waals surface area contributed by atoms with Gasteiger partial charge < -0.3 is 33.6 Å². The van der Waals surface area contributed by atoms with Gasteiger partial charge in [0, 0.05) is 29.2 Å². The second-order valence-corrected chi connectivity index (χ2v) is 17.3. The van der Waals surface area contributed by atoms with Crippen LogP contribution in [0.1, 0.15) is 51.3 Å². The summed E-state index contributed by atoms with van der Waals surface area (Å²) in [4.78, 5) is 0. The van der Waals surface area contributed by atoms with Gasteiger partial charge in [0.05, 0.1) is 26.4 Å². The number of hydrogen-bond donors (Lipinski definition) is 2. The van der Waals surface area contributed by atoms with E-state index in [0.717, 1.165) is 6.07 Å². The molecular formula is C29H40F2O7Si. The largest absolute Gasteiger partial charge is 0.493 e. The van der Waals surface area contributed by atoms with Gasteiger partial charge in [-0.05, 0) is 50.2 Å². The third-order valence-electron chi connectivity index (χ3n) is 8.35. The van der Waals surface area contributed by atoms with Crippen molar-refractivity contribution < 1.29 is 42.4 Å². The molecule has 7 nitrogen and oxygen atoms in total. The minimum Gasteiger partial charge on any atom is -0.493 e. The minimum atomic E-state index is -2.23. The van der Waals surface area contributed by atoms with Gasteiger partial charge in [-0.3, -0.25) is 0 Å². The van der Waals surface area contributed by atoms with E-state index in [4.69, 9.17) is 23.4 Å². The molecule has 0 aliphatic carbocycles. The third kappa shape index (κ3) is 5.29. The molecule has 1 saturated heterocycles. The Morgan fingerprint density at radius 1 is 0.974 bits per heavy atom. The average molecular weight is 567 g/mol. The van der Waals surface area contributed by atoms with E-state index >= 15 is 8.78 Å². The topological polar surface area (TPSA) is 89.9 Å². The molecule has 0 radical (unpaired) electrons. The molecule has 1 fully saturated rings. The number of halogens is 2. The lowest BCUT2D eigenvalue weighted by molar-refractivity contribution is -0.0229. The molecule has 0 bridgehead atoms. The summed E-state index contributed by atoms with van der Waals surface area (Å²) in [5.41, 5.74) is -3.61. The van der Waals surface area contributed by atoms with Gasteiger partial charge in [-0.15, -0.1) is 0 Å². The van der Waals surface area contributed by atoms with Crippen LogP contribution in [0.3, 0.4) is 0 Å². The summed E-state index contributed by atoms with van der Waals surface area (Å²) in [7, 11) is 0.621. The number of methoxy groups -OCH3 is 2. The van der Waals surface area contributed by atoms with Gasteiger partial charge in [-0.1, -0.05) is 20.8 Å². The summed E-state index contributed by atoms with van der Waals surface area (Å²) in [6.45, 7) is 13.9. The van der Waals surface area contributed by atoms with Crippen molar-refractivity contribution in [2.75, 3.05) is 20.8 Å². The summed E-state index contributed by atoms with van der Waals surface area (Å²) in [5, 5.41) is 22.7. The maximum absolute atomic E-state index is 16.2. The predicted octanol–water partition coefficient (Wildman–Crippen LogP) is 5.08. The molecule has 0 unspecified atom stereocenters. The first kappa shape index (κ1) is 29.7. The minimum absolute atomic E-state index is 0.0493. The maximum atomic E-state index is 16.2. The molecule has 4 rings (SSSR count). The fourth-order valence-corrected chi connectivity index (χ4v) is 5.73. The van der Waals surface area contributed by atoms with Gasteiger partial charge in [0.15, 0.2) is 19.8 Å². The predicted molar refractivity (Wildman–Crippen MR) is 145 cm³/mol. The van der Waals surface area contributed by atoms with E-state index < -0.39 is 49.5 Å². The number of ether oxygens (including phenoxy) is 4. The van der Waals surface area contributed by atoms with Crippen LogP contribution in [0.2, 0.25) is 18.1 Å².